The molecule has 0 fully saturated rings. The van der Waals surface area contributed by atoms with Gasteiger partial charge in [0.05, 0.1) is 66.5 Å². The van der Waals surface area contributed by atoms with Crippen LogP contribution in [0.2, 0.25) is 0 Å². The number of anilines is 2. The molecule has 4 amide bonds. The highest BCUT2D eigenvalue weighted by Crippen LogP contribution is 2.20. The fourth-order valence-corrected chi connectivity index (χ4v) is 3.13. The number of hydrogen-bond donors (Lipinski definition) is 4. The van der Waals surface area contributed by atoms with Crippen LogP contribution in [0, 0.1) is 6.92 Å². The van der Waals surface area contributed by atoms with E-state index in [9.17, 15) is 9.59 Å². The second kappa shape index (κ2) is 12.5. The predicted molar refractivity (Wildman–Crippen MR) is 129 cm³/mol. The van der Waals surface area contributed by atoms with E-state index in [1.165, 1.54) is 0 Å². The van der Waals surface area contributed by atoms with Gasteiger partial charge < -0.3 is 30.2 Å². The number of hydrogen-bond acceptors (Lipinski definition) is 2. The Morgan fingerprint density at radius 1 is 0.774 bits per heavy atom. The summed E-state index contributed by atoms with van der Waals surface area (Å²) < 4.78 is 1.84. The third kappa shape index (κ3) is 9.14. The molecule has 0 aliphatic carbocycles. The van der Waals surface area contributed by atoms with E-state index in [1.807, 2.05) is 19.1 Å². The molecule has 176 valence electrons. The number of nitrogens with zero attached hydrogens (tertiary/aromatic N) is 2. The lowest BCUT2D eigenvalue weighted by molar-refractivity contribution is -0.904. The van der Waals surface area contributed by atoms with Gasteiger partial charge in [0.25, 0.3) is 0 Å². The summed E-state index contributed by atoms with van der Waals surface area (Å²) in [7, 11) is 4.38. The van der Waals surface area contributed by atoms with Crippen LogP contribution in [-0.4, -0.2) is 87.5 Å². The van der Waals surface area contributed by atoms with Crippen molar-refractivity contribution in [3.05, 3.63) is 23.8 Å². The van der Waals surface area contributed by atoms with Crippen LogP contribution in [0.5, 0.6) is 0 Å². The molecule has 1 aromatic carbocycles. The SMILES string of the molecule is CC[N+](C)(CC)CCNC(=O)Nc1ccc(C)c(NC(=O)NCC[N+](C)(CC)CC)c1. The first kappa shape index (κ1) is 26.7. The third-order valence-corrected chi connectivity index (χ3v) is 6.67. The summed E-state index contributed by atoms with van der Waals surface area (Å²) in [5.41, 5.74) is 2.25. The zero-order chi connectivity index (χ0) is 23.5. The average molecular weight is 437 g/mol. The second-order valence-electron chi connectivity index (χ2n) is 8.74. The standard InChI is InChI=1S/C23H42N6O2/c1-8-28(6,9-2)16-14-24-22(30)26-20-13-12-19(5)21(18-20)27-23(31)25-15-17-29(7,10-3)11-4/h12-13,18H,8-11,14-17H2,1-7H3,(H2-2,24,25,26,27,30,31)/p+2. The summed E-state index contributed by atoms with van der Waals surface area (Å²) in [6.45, 7) is 17.7. The van der Waals surface area contributed by atoms with E-state index >= 15 is 0 Å². The number of quaternary nitrogens is 2. The van der Waals surface area contributed by atoms with Gasteiger partial charge in [0, 0.05) is 11.4 Å². The lowest BCUT2D eigenvalue weighted by Gasteiger charge is -2.32. The van der Waals surface area contributed by atoms with Crippen molar-refractivity contribution in [2.24, 2.45) is 0 Å². The monoisotopic (exact) mass is 436 g/mol. The quantitative estimate of drug-likeness (QED) is 0.380. The van der Waals surface area contributed by atoms with Gasteiger partial charge in [0.1, 0.15) is 0 Å². The molecule has 0 aliphatic heterocycles. The number of aryl methyl sites for hydroxylation is 1. The van der Waals surface area contributed by atoms with Crippen LogP contribution in [0.4, 0.5) is 21.0 Å². The van der Waals surface area contributed by atoms with E-state index in [2.05, 4.69) is 63.1 Å². The summed E-state index contributed by atoms with van der Waals surface area (Å²) in [5, 5.41) is 11.6. The van der Waals surface area contributed by atoms with E-state index in [-0.39, 0.29) is 12.1 Å². The normalized spacial score (nSPS) is 11.7. The van der Waals surface area contributed by atoms with E-state index < -0.39 is 0 Å². The lowest BCUT2D eigenvalue weighted by atomic mass is 10.2. The van der Waals surface area contributed by atoms with Gasteiger partial charge >= 0.3 is 12.1 Å². The minimum Gasteiger partial charge on any atom is -0.332 e. The topological polar surface area (TPSA) is 82.3 Å². The number of carbonyl (C=O) groups excluding carboxylic acids is 2. The highest BCUT2D eigenvalue weighted by molar-refractivity contribution is 5.93. The molecular weight excluding hydrogens is 392 g/mol. The van der Waals surface area contributed by atoms with Crippen molar-refractivity contribution in [1.29, 1.82) is 0 Å². The van der Waals surface area contributed by atoms with Crippen molar-refractivity contribution in [3.63, 3.8) is 0 Å². The van der Waals surface area contributed by atoms with Crippen molar-refractivity contribution in [2.45, 2.75) is 34.6 Å². The number of amides is 4. The molecule has 0 radical (unpaired) electrons. The maximum atomic E-state index is 12.3. The largest absolute Gasteiger partial charge is 0.332 e. The van der Waals surface area contributed by atoms with Gasteiger partial charge in [-0.1, -0.05) is 6.07 Å². The van der Waals surface area contributed by atoms with Crippen LogP contribution >= 0.6 is 0 Å². The van der Waals surface area contributed by atoms with Crippen LogP contribution in [0.15, 0.2) is 18.2 Å². The third-order valence-electron chi connectivity index (χ3n) is 6.67. The van der Waals surface area contributed by atoms with Crippen molar-refractivity contribution < 1.29 is 18.6 Å². The minimum atomic E-state index is -0.241. The van der Waals surface area contributed by atoms with Gasteiger partial charge in [-0.05, 0) is 52.3 Å². The van der Waals surface area contributed by atoms with Crippen LogP contribution < -0.4 is 21.3 Å². The number of nitrogens with one attached hydrogen (secondary N) is 4. The van der Waals surface area contributed by atoms with Gasteiger partial charge in [-0.15, -0.1) is 0 Å². The van der Waals surface area contributed by atoms with Crippen LogP contribution in [0.3, 0.4) is 0 Å². The van der Waals surface area contributed by atoms with Gasteiger partial charge in [0.2, 0.25) is 0 Å². The van der Waals surface area contributed by atoms with Crippen molar-refractivity contribution in [3.8, 4) is 0 Å². The molecule has 0 bridgehead atoms. The maximum Gasteiger partial charge on any atom is 0.319 e. The number of rotatable bonds is 12. The lowest BCUT2D eigenvalue weighted by Crippen LogP contribution is -2.48. The molecule has 1 rings (SSSR count). The Kier molecular flexibility index (Phi) is 10.8. The molecule has 0 atom stereocenters. The van der Waals surface area contributed by atoms with E-state index in [4.69, 9.17) is 0 Å². The second-order valence-corrected chi connectivity index (χ2v) is 8.74. The molecule has 0 saturated heterocycles. The maximum absolute atomic E-state index is 12.3. The molecule has 4 N–H and O–H groups in total. The minimum absolute atomic E-state index is 0.236. The molecular formula is C23H44N6O2+2. The van der Waals surface area contributed by atoms with Crippen LogP contribution in [0.1, 0.15) is 33.3 Å². The highest BCUT2D eigenvalue weighted by atomic mass is 16.2. The van der Waals surface area contributed by atoms with E-state index in [1.54, 1.807) is 6.07 Å². The van der Waals surface area contributed by atoms with Gasteiger partial charge in [-0.3, -0.25) is 0 Å². The van der Waals surface area contributed by atoms with Gasteiger partial charge in [-0.2, -0.15) is 0 Å². The summed E-state index contributed by atoms with van der Waals surface area (Å²) in [6.07, 6.45) is 0. The number of carbonyl (C=O) groups is 2. The Morgan fingerprint density at radius 3 is 1.68 bits per heavy atom. The Hall–Kier alpha value is -2.32. The Bertz CT molecular complexity index is 714. The summed E-state index contributed by atoms with van der Waals surface area (Å²) in [5.74, 6) is 0. The van der Waals surface area contributed by atoms with Crippen molar-refractivity contribution >= 4 is 23.4 Å². The molecule has 8 nitrogen and oxygen atoms in total. The smallest absolute Gasteiger partial charge is 0.319 e. The zero-order valence-electron chi connectivity index (χ0n) is 20.6. The number of urea groups is 2. The van der Waals surface area contributed by atoms with Crippen LogP contribution in [0.25, 0.3) is 0 Å². The fraction of sp³-hybridized carbons (Fsp3) is 0.652. The molecule has 0 aromatic heterocycles. The number of likely N-dealkylation sites (N-methyl/N-ethyl adjacent to an activating group) is 2. The van der Waals surface area contributed by atoms with E-state index in [0.29, 0.717) is 24.5 Å². The summed E-state index contributed by atoms with van der Waals surface area (Å²) >= 11 is 0. The highest BCUT2D eigenvalue weighted by Gasteiger charge is 2.17. The number of benzene rings is 1. The van der Waals surface area contributed by atoms with Crippen molar-refractivity contribution in [1.82, 2.24) is 10.6 Å². The zero-order valence-corrected chi connectivity index (χ0v) is 20.6. The molecule has 31 heavy (non-hydrogen) atoms. The van der Waals surface area contributed by atoms with Crippen molar-refractivity contribution in [2.75, 3.05) is 77.1 Å². The average Bonchev–Trinajstić information content (AvgIpc) is 2.75. The molecule has 0 unspecified atom stereocenters. The van der Waals surface area contributed by atoms with Gasteiger partial charge in [0.15, 0.2) is 0 Å². The van der Waals surface area contributed by atoms with Crippen LogP contribution in [-0.2, 0) is 0 Å². The molecule has 0 heterocycles. The first-order valence-corrected chi connectivity index (χ1v) is 11.5. The fourth-order valence-electron chi connectivity index (χ4n) is 3.13. The molecule has 0 spiro atoms. The Morgan fingerprint density at radius 2 is 1.23 bits per heavy atom. The first-order valence-electron chi connectivity index (χ1n) is 11.5. The molecule has 1 aromatic rings. The Labute approximate surface area is 188 Å². The Balaban J connectivity index is 2.57. The van der Waals surface area contributed by atoms with E-state index in [0.717, 1.165) is 53.8 Å². The summed E-state index contributed by atoms with van der Waals surface area (Å²) in [6, 6.07) is 5.02. The van der Waals surface area contributed by atoms with Gasteiger partial charge in [-0.25, -0.2) is 9.59 Å². The molecule has 8 heteroatoms. The molecule has 0 saturated carbocycles. The molecule has 0 aliphatic rings. The summed E-state index contributed by atoms with van der Waals surface area (Å²) in [4.78, 5) is 24.6. The predicted octanol–water partition coefficient (Wildman–Crippen LogP) is 3.21. The first-order chi connectivity index (χ1) is 14.6.